The van der Waals surface area contributed by atoms with Crippen LogP contribution in [0.15, 0.2) is 5.29 Å². The van der Waals surface area contributed by atoms with Crippen LogP contribution >= 0.6 is 0 Å². The monoisotopic (exact) mass is 214 g/mol. The van der Waals surface area contributed by atoms with Crippen LogP contribution in [0.3, 0.4) is 0 Å². The van der Waals surface area contributed by atoms with Gasteiger partial charge in [0.15, 0.2) is 0 Å². The van der Waals surface area contributed by atoms with Crippen molar-refractivity contribution in [3.8, 4) is 0 Å². The molecule has 0 unspecified atom stereocenters. The first-order chi connectivity index (χ1) is 7.35. The number of hydrogen-bond donors (Lipinski definition) is 0. The van der Waals surface area contributed by atoms with Crippen LogP contribution in [-0.4, -0.2) is 18.1 Å². The van der Waals surface area contributed by atoms with Crippen molar-refractivity contribution in [1.82, 2.24) is 5.01 Å². The van der Waals surface area contributed by atoms with E-state index in [1.54, 1.807) is 5.01 Å². The molecule has 3 heteroatoms. The minimum Gasteiger partial charge on any atom is -0.261 e. The first kappa shape index (κ1) is 14.4. The molecule has 0 bridgehead atoms. The van der Waals surface area contributed by atoms with Gasteiger partial charge < -0.3 is 0 Å². The predicted octanol–water partition coefficient (Wildman–Crippen LogP) is 4.13. The van der Waals surface area contributed by atoms with Crippen LogP contribution in [0.5, 0.6) is 0 Å². The smallest absolute Gasteiger partial charge is 0.0523 e. The van der Waals surface area contributed by atoms with Gasteiger partial charge in [-0.05, 0) is 12.8 Å². The molecule has 0 aromatic carbocycles. The normalized spacial score (nSPS) is 10.3. The standard InChI is InChI=1S/C12H26N2O/c1-3-5-7-8-9-10-12-14(13-15)11-6-4-2/h3-12H2,1-2H3. The van der Waals surface area contributed by atoms with Gasteiger partial charge in [0.05, 0.1) is 5.29 Å². The molecule has 90 valence electrons. The van der Waals surface area contributed by atoms with Crippen LogP contribution in [0.25, 0.3) is 0 Å². The highest BCUT2D eigenvalue weighted by atomic mass is 16.3. The summed E-state index contributed by atoms with van der Waals surface area (Å²) in [5, 5.41) is 4.71. The Kier molecular flexibility index (Phi) is 11.0. The number of rotatable bonds is 11. The summed E-state index contributed by atoms with van der Waals surface area (Å²) in [6.45, 7) is 6.03. The Morgan fingerprint density at radius 1 is 0.800 bits per heavy atom. The molecule has 0 saturated heterocycles. The molecule has 3 nitrogen and oxygen atoms in total. The molecular formula is C12H26N2O. The van der Waals surface area contributed by atoms with Crippen LogP contribution in [0.2, 0.25) is 0 Å². The van der Waals surface area contributed by atoms with E-state index in [1.807, 2.05) is 0 Å². The summed E-state index contributed by atoms with van der Waals surface area (Å²) in [5.74, 6) is 0. The Labute approximate surface area is 94.2 Å². The largest absolute Gasteiger partial charge is 0.261 e. The molecule has 0 saturated carbocycles. The van der Waals surface area contributed by atoms with E-state index in [1.165, 1.54) is 32.1 Å². The highest BCUT2D eigenvalue weighted by Crippen LogP contribution is 2.06. The van der Waals surface area contributed by atoms with E-state index in [0.29, 0.717) is 0 Å². The molecular weight excluding hydrogens is 188 g/mol. The van der Waals surface area contributed by atoms with Crippen molar-refractivity contribution in [3.05, 3.63) is 4.91 Å². The molecule has 0 atom stereocenters. The lowest BCUT2D eigenvalue weighted by Crippen LogP contribution is -2.19. The maximum Gasteiger partial charge on any atom is 0.0523 e. The third kappa shape index (κ3) is 9.70. The maximum atomic E-state index is 10.5. The van der Waals surface area contributed by atoms with Crippen LogP contribution in [-0.2, 0) is 0 Å². The van der Waals surface area contributed by atoms with E-state index in [4.69, 9.17) is 0 Å². The van der Waals surface area contributed by atoms with Crippen molar-refractivity contribution in [2.24, 2.45) is 5.29 Å². The topological polar surface area (TPSA) is 32.7 Å². The summed E-state index contributed by atoms with van der Waals surface area (Å²) in [7, 11) is 0. The molecule has 0 rings (SSSR count). The molecule has 0 fully saturated rings. The van der Waals surface area contributed by atoms with E-state index in [-0.39, 0.29) is 0 Å². The van der Waals surface area contributed by atoms with Crippen molar-refractivity contribution in [3.63, 3.8) is 0 Å². The summed E-state index contributed by atoms with van der Waals surface area (Å²) >= 11 is 0. The van der Waals surface area contributed by atoms with Crippen LogP contribution < -0.4 is 0 Å². The average Bonchev–Trinajstić information content (AvgIpc) is 2.27. The number of nitroso groups, excluding NO2 is 1. The second-order valence-corrected chi connectivity index (χ2v) is 4.16. The molecule has 0 heterocycles. The van der Waals surface area contributed by atoms with Crippen LogP contribution in [0, 0.1) is 4.91 Å². The van der Waals surface area contributed by atoms with Gasteiger partial charge in [0, 0.05) is 13.1 Å². The van der Waals surface area contributed by atoms with Crippen molar-refractivity contribution in [2.45, 2.75) is 65.2 Å². The van der Waals surface area contributed by atoms with Gasteiger partial charge in [-0.1, -0.05) is 52.4 Å². The van der Waals surface area contributed by atoms with Crippen molar-refractivity contribution >= 4 is 0 Å². The first-order valence-electron chi connectivity index (χ1n) is 6.43. The molecule has 0 aliphatic carbocycles. The zero-order chi connectivity index (χ0) is 11.4. The van der Waals surface area contributed by atoms with Gasteiger partial charge in [-0.2, -0.15) is 0 Å². The van der Waals surface area contributed by atoms with Crippen molar-refractivity contribution in [2.75, 3.05) is 13.1 Å². The minimum atomic E-state index is 0.828. The lowest BCUT2D eigenvalue weighted by Gasteiger charge is -2.14. The van der Waals surface area contributed by atoms with E-state index >= 15 is 0 Å². The average molecular weight is 214 g/mol. The Bertz CT molecular complexity index is 140. The summed E-state index contributed by atoms with van der Waals surface area (Å²) in [5.41, 5.74) is 0. The number of nitrogens with zero attached hydrogens (tertiary/aromatic N) is 2. The SMILES string of the molecule is CCCCCCCCN(CCCC)N=O. The number of hydrogen-bond acceptors (Lipinski definition) is 2. The van der Waals surface area contributed by atoms with Gasteiger partial charge in [-0.15, -0.1) is 4.91 Å². The quantitative estimate of drug-likeness (QED) is 0.294. The van der Waals surface area contributed by atoms with E-state index < -0.39 is 0 Å². The molecule has 0 radical (unpaired) electrons. The van der Waals surface area contributed by atoms with Crippen LogP contribution in [0.1, 0.15) is 65.2 Å². The Morgan fingerprint density at radius 3 is 1.93 bits per heavy atom. The van der Waals surface area contributed by atoms with Gasteiger partial charge >= 0.3 is 0 Å². The van der Waals surface area contributed by atoms with E-state index in [2.05, 4.69) is 19.1 Å². The Morgan fingerprint density at radius 2 is 1.33 bits per heavy atom. The van der Waals surface area contributed by atoms with Crippen molar-refractivity contribution < 1.29 is 0 Å². The lowest BCUT2D eigenvalue weighted by molar-refractivity contribution is 0.272. The molecule has 0 N–H and O–H groups in total. The highest BCUT2D eigenvalue weighted by molar-refractivity contribution is 4.52. The molecule has 0 aliphatic heterocycles. The predicted molar refractivity (Wildman–Crippen MR) is 65.7 cm³/mol. The summed E-state index contributed by atoms with van der Waals surface area (Å²) in [6, 6.07) is 0. The van der Waals surface area contributed by atoms with Gasteiger partial charge in [-0.3, -0.25) is 5.01 Å². The maximum absolute atomic E-state index is 10.5. The van der Waals surface area contributed by atoms with Crippen LogP contribution in [0.4, 0.5) is 0 Å². The van der Waals surface area contributed by atoms with Gasteiger partial charge in [0.25, 0.3) is 0 Å². The van der Waals surface area contributed by atoms with Crippen molar-refractivity contribution in [1.29, 1.82) is 0 Å². The van der Waals surface area contributed by atoms with E-state index in [9.17, 15) is 4.91 Å². The highest BCUT2D eigenvalue weighted by Gasteiger charge is 2.00. The van der Waals surface area contributed by atoms with Gasteiger partial charge in [-0.25, -0.2) is 0 Å². The Balaban J connectivity index is 3.26. The summed E-state index contributed by atoms with van der Waals surface area (Å²) in [4.78, 5) is 10.5. The third-order valence-electron chi connectivity index (χ3n) is 2.66. The minimum absolute atomic E-state index is 0.828. The fraction of sp³-hybridized carbons (Fsp3) is 1.00. The molecule has 0 amide bonds. The summed E-state index contributed by atoms with van der Waals surface area (Å²) in [6.07, 6.45) is 9.81. The first-order valence-corrected chi connectivity index (χ1v) is 6.43. The van der Waals surface area contributed by atoms with Gasteiger partial charge in [0.1, 0.15) is 0 Å². The Hall–Kier alpha value is -0.600. The molecule has 0 aromatic heterocycles. The zero-order valence-electron chi connectivity index (χ0n) is 10.4. The fourth-order valence-electron chi connectivity index (χ4n) is 1.61. The lowest BCUT2D eigenvalue weighted by atomic mass is 10.1. The second kappa shape index (κ2) is 11.5. The van der Waals surface area contributed by atoms with E-state index in [0.717, 1.165) is 32.4 Å². The molecule has 15 heavy (non-hydrogen) atoms. The number of unbranched alkanes of at least 4 members (excludes halogenated alkanes) is 6. The second-order valence-electron chi connectivity index (χ2n) is 4.16. The fourth-order valence-corrected chi connectivity index (χ4v) is 1.61. The zero-order valence-corrected chi connectivity index (χ0v) is 10.4. The third-order valence-corrected chi connectivity index (χ3v) is 2.66. The molecule has 0 aliphatic rings. The molecule has 0 spiro atoms. The molecule has 0 aromatic rings. The summed E-state index contributed by atoms with van der Waals surface area (Å²) < 4.78 is 0. The van der Waals surface area contributed by atoms with Gasteiger partial charge in [0.2, 0.25) is 0 Å².